The minimum atomic E-state index is 0.750. The largest absolute Gasteiger partial charge is 0.349 e. The molecular formula is C4H6N2. The van der Waals surface area contributed by atoms with E-state index in [2.05, 4.69) is 16.9 Å². The molecule has 0 radical (unpaired) electrons. The first-order valence-corrected chi connectivity index (χ1v) is 1.82. The van der Waals surface area contributed by atoms with Gasteiger partial charge in [-0.25, -0.2) is 0 Å². The van der Waals surface area contributed by atoms with E-state index in [-0.39, 0.29) is 0 Å². The van der Waals surface area contributed by atoms with Gasteiger partial charge in [-0.1, -0.05) is 6.58 Å². The first kappa shape index (κ1) is 3.40. The number of rotatable bonds is 0. The third-order valence-corrected chi connectivity index (χ3v) is 0.642. The monoisotopic (exact) mass is 82.1 g/mol. The minimum absolute atomic E-state index is 0.750. The highest BCUT2D eigenvalue weighted by Gasteiger charge is 1.90. The van der Waals surface area contributed by atoms with Crippen LogP contribution in [-0.4, -0.2) is 12.9 Å². The summed E-state index contributed by atoms with van der Waals surface area (Å²) in [6, 6.07) is 0. The lowest BCUT2D eigenvalue weighted by Crippen LogP contribution is -2.01. The Labute approximate surface area is 36.6 Å². The number of nitrogens with zero attached hydrogens (tertiary/aromatic N) is 1. The molecule has 1 aliphatic heterocycles. The molecular weight excluding hydrogens is 76.1 g/mol. The van der Waals surface area contributed by atoms with Crippen molar-refractivity contribution in [3.8, 4) is 0 Å². The van der Waals surface area contributed by atoms with Gasteiger partial charge in [0.2, 0.25) is 0 Å². The van der Waals surface area contributed by atoms with Gasteiger partial charge >= 0.3 is 0 Å². The van der Waals surface area contributed by atoms with E-state index in [9.17, 15) is 0 Å². The van der Waals surface area contributed by atoms with E-state index in [1.165, 1.54) is 0 Å². The fourth-order valence-electron chi connectivity index (χ4n) is 0.338. The molecule has 0 fully saturated rings. The maximum atomic E-state index is 3.83. The number of hydrogen-bond donors (Lipinski definition) is 1. The standard InChI is InChI=1S/C4H6N2/c1-4-2-5-3-6-4/h3H,1-2H2,(H,5,6). The summed E-state index contributed by atoms with van der Waals surface area (Å²) in [4.78, 5) is 3.83. The fourth-order valence-corrected chi connectivity index (χ4v) is 0.338. The second kappa shape index (κ2) is 1.12. The maximum Gasteiger partial charge on any atom is 0.0870 e. The van der Waals surface area contributed by atoms with Crippen molar-refractivity contribution in [1.29, 1.82) is 0 Å². The van der Waals surface area contributed by atoms with Gasteiger partial charge in [0.1, 0.15) is 0 Å². The second-order valence-corrected chi connectivity index (χ2v) is 1.22. The molecule has 0 aromatic rings. The molecule has 0 atom stereocenters. The Bertz CT molecular complexity index is 83.7. The van der Waals surface area contributed by atoms with Crippen LogP contribution in [-0.2, 0) is 0 Å². The lowest BCUT2D eigenvalue weighted by Gasteiger charge is -1.84. The van der Waals surface area contributed by atoms with Crippen LogP contribution in [0.25, 0.3) is 0 Å². The summed E-state index contributed by atoms with van der Waals surface area (Å²) < 4.78 is 0. The van der Waals surface area contributed by atoms with Crippen LogP contribution in [0.1, 0.15) is 0 Å². The van der Waals surface area contributed by atoms with Gasteiger partial charge in [-0.2, -0.15) is 0 Å². The fraction of sp³-hybridized carbons (Fsp3) is 0.250. The zero-order chi connectivity index (χ0) is 4.41. The van der Waals surface area contributed by atoms with E-state index in [1.54, 1.807) is 6.34 Å². The summed E-state index contributed by atoms with van der Waals surface area (Å²) in [5, 5.41) is 2.83. The van der Waals surface area contributed by atoms with Crippen molar-refractivity contribution in [3.05, 3.63) is 12.3 Å². The highest BCUT2D eigenvalue weighted by molar-refractivity contribution is 5.60. The molecule has 0 aromatic carbocycles. The number of aliphatic imine (C=N–C) groups is 1. The Balaban J connectivity index is 2.52. The average molecular weight is 82.1 g/mol. The zero-order valence-electron chi connectivity index (χ0n) is 3.44. The van der Waals surface area contributed by atoms with Crippen LogP contribution in [0.15, 0.2) is 17.3 Å². The first-order chi connectivity index (χ1) is 2.89. The van der Waals surface area contributed by atoms with Crippen molar-refractivity contribution in [3.63, 3.8) is 0 Å². The Hall–Kier alpha value is -0.790. The minimum Gasteiger partial charge on any atom is -0.349 e. The molecule has 2 nitrogen and oxygen atoms in total. The molecule has 0 saturated heterocycles. The lowest BCUT2D eigenvalue weighted by atomic mass is 10.5. The van der Waals surface area contributed by atoms with E-state index >= 15 is 0 Å². The first-order valence-electron chi connectivity index (χ1n) is 1.82. The summed E-state index contributed by atoms with van der Waals surface area (Å²) >= 11 is 0. The number of hydrogen-bond acceptors (Lipinski definition) is 2. The molecule has 0 unspecified atom stereocenters. The van der Waals surface area contributed by atoms with Crippen molar-refractivity contribution in [1.82, 2.24) is 5.32 Å². The van der Waals surface area contributed by atoms with Gasteiger partial charge in [0.05, 0.1) is 12.9 Å². The number of nitrogens with one attached hydrogen (secondary N) is 1. The highest BCUT2D eigenvalue weighted by atomic mass is 15.0. The Morgan fingerprint density at radius 3 is 3.00 bits per heavy atom. The van der Waals surface area contributed by atoms with Crippen molar-refractivity contribution in [2.45, 2.75) is 0 Å². The van der Waals surface area contributed by atoms with E-state index in [0.717, 1.165) is 12.2 Å². The van der Waals surface area contributed by atoms with Crippen molar-refractivity contribution in [2.75, 3.05) is 6.54 Å². The molecule has 1 heterocycles. The van der Waals surface area contributed by atoms with Gasteiger partial charge in [0.25, 0.3) is 0 Å². The summed E-state index contributed by atoms with van der Waals surface area (Å²) in [5.74, 6) is 0. The molecule has 32 valence electrons. The predicted molar refractivity (Wildman–Crippen MR) is 25.6 cm³/mol. The van der Waals surface area contributed by atoms with Crippen LogP contribution in [0, 0.1) is 0 Å². The third kappa shape index (κ3) is 0.407. The Kier molecular flexibility index (Phi) is 0.638. The summed E-state index contributed by atoms with van der Waals surface area (Å²) in [5.41, 5.74) is 0.981. The van der Waals surface area contributed by atoms with E-state index in [4.69, 9.17) is 0 Å². The predicted octanol–water partition coefficient (Wildman–Crippen LogP) is 0.132. The van der Waals surface area contributed by atoms with Crippen LogP contribution in [0.4, 0.5) is 0 Å². The smallest absolute Gasteiger partial charge is 0.0870 e. The molecule has 0 aromatic heterocycles. The third-order valence-electron chi connectivity index (χ3n) is 0.642. The molecule has 6 heavy (non-hydrogen) atoms. The van der Waals surface area contributed by atoms with Gasteiger partial charge in [0, 0.05) is 5.70 Å². The van der Waals surface area contributed by atoms with Gasteiger partial charge in [-0.05, 0) is 0 Å². The van der Waals surface area contributed by atoms with Gasteiger partial charge in [-0.15, -0.1) is 0 Å². The van der Waals surface area contributed by atoms with Crippen molar-refractivity contribution < 1.29 is 0 Å². The van der Waals surface area contributed by atoms with Crippen LogP contribution < -0.4 is 5.32 Å². The van der Waals surface area contributed by atoms with Crippen LogP contribution in [0.3, 0.4) is 0 Å². The van der Waals surface area contributed by atoms with E-state index in [0.29, 0.717) is 0 Å². The summed E-state index contributed by atoms with van der Waals surface area (Å²) in [7, 11) is 0. The summed E-state index contributed by atoms with van der Waals surface area (Å²) in [6.07, 6.45) is 1.66. The molecule has 0 saturated carbocycles. The molecule has 0 aliphatic carbocycles. The second-order valence-electron chi connectivity index (χ2n) is 1.22. The molecule has 1 aliphatic rings. The molecule has 2 heteroatoms. The molecule has 0 spiro atoms. The highest BCUT2D eigenvalue weighted by Crippen LogP contribution is 1.86. The quantitative estimate of drug-likeness (QED) is 0.441. The maximum absolute atomic E-state index is 3.83. The van der Waals surface area contributed by atoms with E-state index < -0.39 is 0 Å². The molecule has 0 amide bonds. The topological polar surface area (TPSA) is 24.4 Å². The normalized spacial score (nSPS) is 18.3. The van der Waals surface area contributed by atoms with Gasteiger partial charge in [0.15, 0.2) is 0 Å². The van der Waals surface area contributed by atoms with Crippen molar-refractivity contribution >= 4 is 6.34 Å². The van der Waals surface area contributed by atoms with Crippen LogP contribution in [0.2, 0.25) is 0 Å². The van der Waals surface area contributed by atoms with Crippen LogP contribution >= 0.6 is 0 Å². The van der Waals surface area contributed by atoms with Crippen LogP contribution in [0.5, 0.6) is 0 Å². The molecule has 0 bridgehead atoms. The molecule has 1 N–H and O–H groups in total. The zero-order valence-corrected chi connectivity index (χ0v) is 3.44. The van der Waals surface area contributed by atoms with Gasteiger partial charge < -0.3 is 5.32 Å². The Morgan fingerprint density at radius 2 is 2.83 bits per heavy atom. The molecule has 1 rings (SSSR count). The van der Waals surface area contributed by atoms with E-state index in [1.807, 2.05) is 0 Å². The SMILES string of the molecule is C=C1CN=CN1. The average Bonchev–Trinajstić information content (AvgIpc) is 1.86. The summed E-state index contributed by atoms with van der Waals surface area (Å²) in [6.45, 7) is 4.37. The lowest BCUT2D eigenvalue weighted by molar-refractivity contribution is 1.13. The van der Waals surface area contributed by atoms with Crippen molar-refractivity contribution in [2.24, 2.45) is 4.99 Å². The van der Waals surface area contributed by atoms with Gasteiger partial charge in [-0.3, -0.25) is 4.99 Å². The Morgan fingerprint density at radius 1 is 2.00 bits per heavy atom.